The summed E-state index contributed by atoms with van der Waals surface area (Å²) >= 11 is 0. The van der Waals surface area contributed by atoms with Crippen LogP contribution in [0, 0.1) is 5.92 Å². The van der Waals surface area contributed by atoms with E-state index in [-0.39, 0.29) is 6.10 Å². The number of likely N-dealkylation sites (tertiary alicyclic amines) is 1. The van der Waals surface area contributed by atoms with Crippen LogP contribution in [0.4, 0.5) is 0 Å². The van der Waals surface area contributed by atoms with E-state index < -0.39 is 0 Å². The van der Waals surface area contributed by atoms with Gasteiger partial charge in [0.15, 0.2) is 0 Å². The van der Waals surface area contributed by atoms with Crippen LogP contribution in [0.2, 0.25) is 0 Å². The highest BCUT2D eigenvalue weighted by molar-refractivity contribution is 4.84. The standard InChI is InChI=1S/C7H14N2O/c10-7-4-9(5-7)3-6-1-8-2-6/h6-8,10H,1-5H2. The van der Waals surface area contributed by atoms with Crippen molar-refractivity contribution in [3.05, 3.63) is 0 Å². The number of nitrogens with zero attached hydrogens (tertiary/aromatic N) is 1. The van der Waals surface area contributed by atoms with E-state index in [2.05, 4.69) is 10.2 Å². The second kappa shape index (κ2) is 2.49. The molecule has 0 radical (unpaired) electrons. The van der Waals surface area contributed by atoms with E-state index in [0.717, 1.165) is 19.0 Å². The summed E-state index contributed by atoms with van der Waals surface area (Å²) in [5.41, 5.74) is 0. The van der Waals surface area contributed by atoms with Crippen molar-refractivity contribution in [1.82, 2.24) is 10.2 Å². The van der Waals surface area contributed by atoms with E-state index in [4.69, 9.17) is 5.11 Å². The summed E-state index contributed by atoms with van der Waals surface area (Å²) < 4.78 is 0. The van der Waals surface area contributed by atoms with Crippen LogP contribution in [0.3, 0.4) is 0 Å². The van der Waals surface area contributed by atoms with Crippen LogP contribution in [0.15, 0.2) is 0 Å². The van der Waals surface area contributed by atoms with Gasteiger partial charge in [0, 0.05) is 32.7 Å². The molecule has 2 aliphatic heterocycles. The van der Waals surface area contributed by atoms with Crippen molar-refractivity contribution in [3.8, 4) is 0 Å². The monoisotopic (exact) mass is 142 g/mol. The Hall–Kier alpha value is -0.120. The Morgan fingerprint density at radius 1 is 1.40 bits per heavy atom. The molecule has 2 heterocycles. The number of aliphatic hydroxyl groups excluding tert-OH is 1. The molecule has 2 rings (SSSR count). The van der Waals surface area contributed by atoms with E-state index >= 15 is 0 Å². The van der Waals surface area contributed by atoms with Gasteiger partial charge in [-0.15, -0.1) is 0 Å². The third-order valence-corrected chi connectivity index (χ3v) is 2.32. The van der Waals surface area contributed by atoms with Crippen molar-refractivity contribution in [2.45, 2.75) is 6.10 Å². The van der Waals surface area contributed by atoms with Crippen molar-refractivity contribution in [2.75, 3.05) is 32.7 Å². The molecule has 2 N–H and O–H groups in total. The lowest BCUT2D eigenvalue weighted by atomic mass is 10.0. The molecule has 0 bridgehead atoms. The van der Waals surface area contributed by atoms with Crippen molar-refractivity contribution in [2.24, 2.45) is 5.92 Å². The van der Waals surface area contributed by atoms with E-state index in [1.54, 1.807) is 0 Å². The molecule has 0 spiro atoms. The van der Waals surface area contributed by atoms with Gasteiger partial charge in [0.2, 0.25) is 0 Å². The Morgan fingerprint density at radius 3 is 2.50 bits per heavy atom. The number of aliphatic hydroxyl groups is 1. The molecule has 3 nitrogen and oxygen atoms in total. The molecule has 0 atom stereocenters. The fourth-order valence-electron chi connectivity index (χ4n) is 1.53. The van der Waals surface area contributed by atoms with Gasteiger partial charge in [0.1, 0.15) is 0 Å². The fraction of sp³-hybridized carbons (Fsp3) is 1.00. The summed E-state index contributed by atoms with van der Waals surface area (Å²) in [5, 5.41) is 12.2. The van der Waals surface area contributed by atoms with E-state index in [0.29, 0.717) is 0 Å². The molecular formula is C7H14N2O. The molecule has 3 heteroatoms. The largest absolute Gasteiger partial charge is 0.390 e. The summed E-state index contributed by atoms with van der Waals surface area (Å²) in [4.78, 5) is 2.32. The highest BCUT2D eigenvalue weighted by Gasteiger charge is 2.28. The van der Waals surface area contributed by atoms with Crippen LogP contribution in [-0.2, 0) is 0 Å². The van der Waals surface area contributed by atoms with E-state index in [1.807, 2.05) is 0 Å². The second-order valence-electron chi connectivity index (χ2n) is 3.40. The van der Waals surface area contributed by atoms with Gasteiger partial charge in [0.05, 0.1) is 6.10 Å². The molecule has 2 fully saturated rings. The zero-order chi connectivity index (χ0) is 6.97. The predicted octanol–water partition coefficient (Wildman–Crippen LogP) is -1.12. The molecule has 0 aromatic heterocycles. The molecule has 0 unspecified atom stereocenters. The van der Waals surface area contributed by atoms with Gasteiger partial charge in [-0.3, -0.25) is 4.90 Å². The van der Waals surface area contributed by atoms with Crippen molar-refractivity contribution in [1.29, 1.82) is 0 Å². The lowest BCUT2D eigenvalue weighted by molar-refractivity contribution is -0.0108. The summed E-state index contributed by atoms with van der Waals surface area (Å²) in [6, 6.07) is 0. The quantitative estimate of drug-likeness (QED) is 0.513. The summed E-state index contributed by atoms with van der Waals surface area (Å²) in [5.74, 6) is 0.854. The van der Waals surface area contributed by atoms with Crippen molar-refractivity contribution in [3.63, 3.8) is 0 Å². The van der Waals surface area contributed by atoms with Gasteiger partial charge in [0.25, 0.3) is 0 Å². The Bertz CT molecular complexity index is 119. The van der Waals surface area contributed by atoms with Gasteiger partial charge in [-0.25, -0.2) is 0 Å². The van der Waals surface area contributed by atoms with Crippen LogP contribution in [0.25, 0.3) is 0 Å². The highest BCUT2D eigenvalue weighted by Crippen LogP contribution is 2.12. The zero-order valence-corrected chi connectivity index (χ0v) is 6.08. The molecule has 0 amide bonds. The number of β-amino-alcohol motifs (C(OH)–C–C–N with tert-alkyl or cyclic N) is 1. The number of hydrogen-bond acceptors (Lipinski definition) is 3. The SMILES string of the molecule is OC1CN(CC2CNC2)C1. The predicted molar refractivity (Wildman–Crippen MR) is 38.8 cm³/mol. The molecule has 0 saturated carbocycles. The number of hydrogen-bond donors (Lipinski definition) is 2. The molecule has 0 aliphatic carbocycles. The van der Waals surface area contributed by atoms with Gasteiger partial charge in [-0.05, 0) is 5.92 Å². The van der Waals surface area contributed by atoms with Crippen LogP contribution in [0.1, 0.15) is 0 Å². The normalized spacial score (nSPS) is 29.7. The maximum absolute atomic E-state index is 8.96. The molecule has 0 aromatic carbocycles. The minimum Gasteiger partial charge on any atom is -0.390 e. The Kier molecular flexibility index (Phi) is 1.64. The third kappa shape index (κ3) is 1.17. The maximum atomic E-state index is 8.96. The smallest absolute Gasteiger partial charge is 0.0793 e. The van der Waals surface area contributed by atoms with Gasteiger partial charge >= 0.3 is 0 Å². The summed E-state index contributed by atoms with van der Waals surface area (Å²) in [6.07, 6.45) is -0.0342. The fourth-order valence-corrected chi connectivity index (χ4v) is 1.53. The summed E-state index contributed by atoms with van der Waals surface area (Å²) in [6.45, 7) is 5.33. The molecule has 2 saturated heterocycles. The zero-order valence-electron chi connectivity index (χ0n) is 6.08. The van der Waals surface area contributed by atoms with Crippen LogP contribution in [-0.4, -0.2) is 48.8 Å². The van der Waals surface area contributed by atoms with E-state index in [9.17, 15) is 0 Å². The molecule has 58 valence electrons. The first-order valence-electron chi connectivity index (χ1n) is 3.96. The topological polar surface area (TPSA) is 35.5 Å². The van der Waals surface area contributed by atoms with Crippen molar-refractivity contribution < 1.29 is 5.11 Å². The minimum absolute atomic E-state index is 0.0342. The first-order valence-corrected chi connectivity index (χ1v) is 3.96. The van der Waals surface area contributed by atoms with E-state index in [1.165, 1.54) is 19.6 Å². The van der Waals surface area contributed by atoms with Gasteiger partial charge in [-0.1, -0.05) is 0 Å². The van der Waals surface area contributed by atoms with Crippen LogP contribution < -0.4 is 5.32 Å². The van der Waals surface area contributed by atoms with Crippen LogP contribution in [0.5, 0.6) is 0 Å². The Labute approximate surface area is 61.0 Å². The maximum Gasteiger partial charge on any atom is 0.0793 e. The highest BCUT2D eigenvalue weighted by atomic mass is 16.3. The lowest BCUT2D eigenvalue weighted by Crippen LogP contribution is -2.56. The minimum atomic E-state index is -0.0342. The Balaban J connectivity index is 1.62. The molecular weight excluding hydrogens is 128 g/mol. The average molecular weight is 142 g/mol. The molecule has 10 heavy (non-hydrogen) atoms. The first kappa shape index (κ1) is 6.58. The van der Waals surface area contributed by atoms with Crippen LogP contribution >= 0.6 is 0 Å². The first-order chi connectivity index (χ1) is 4.84. The average Bonchev–Trinajstić information content (AvgIpc) is 1.72. The van der Waals surface area contributed by atoms with Crippen molar-refractivity contribution >= 4 is 0 Å². The van der Waals surface area contributed by atoms with Gasteiger partial charge in [-0.2, -0.15) is 0 Å². The third-order valence-electron chi connectivity index (χ3n) is 2.32. The Morgan fingerprint density at radius 2 is 2.10 bits per heavy atom. The summed E-state index contributed by atoms with van der Waals surface area (Å²) in [7, 11) is 0. The second-order valence-corrected chi connectivity index (χ2v) is 3.40. The molecule has 2 aliphatic rings. The molecule has 0 aromatic rings. The number of nitrogens with one attached hydrogen (secondary N) is 1. The lowest BCUT2D eigenvalue weighted by Gasteiger charge is -2.40. The number of rotatable bonds is 2. The van der Waals surface area contributed by atoms with Gasteiger partial charge < -0.3 is 10.4 Å².